The Bertz CT molecular complexity index is 2760. The summed E-state index contributed by atoms with van der Waals surface area (Å²) in [7, 11) is 0. The molecule has 0 bridgehead atoms. The Hall–Kier alpha value is -5.51. The molecule has 0 N–H and O–H groups in total. The van der Waals surface area contributed by atoms with Crippen LogP contribution >= 0.6 is 11.3 Å². The molecule has 0 aliphatic rings. The van der Waals surface area contributed by atoms with Gasteiger partial charge in [0.25, 0.3) is 0 Å². The average Bonchev–Trinajstić information content (AvgIpc) is 3.67. The fourth-order valence-electron chi connectivity index (χ4n) is 7.07. The van der Waals surface area contributed by atoms with Crippen LogP contribution in [-0.4, -0.2) is 9.38 Å². The molecule has 3 heteroatoms. The molecule has 10 aromatic rings. The maximum atomic E-state index is 5.12. The lowest BCUT2D eigenvalue weighted by molar-refractivity contribution is 1.32. The number of imidazole rings is 1. The van der Waals surface area contributed by atoms with E-state index in [-0.39, 0.29) is 0 Å². The van der Waals surface area contributed by atoms with Gasteiger partial charge in [-0.3, -0.25) is 4.40 Å². The molecule has 0 saturated heterocycles. The summed E-state index contributed by atoms with van der Waals surface area (Å²) in [5, 5.41) is 8.84. The second-order valence-corrected chi connectivity index (χ2v) is 12.7. The Balaban J connectivity index is 1.17. The molecular weight excluding hydrogens is 553 g/mol. The third kappa shape index (κ3) is 3.39. The summed E-state index contributed by atoms with van der Waals surface area (Å²) in [5.74, 6) is 0. The fraction of sp³-hybridized carbons (Fsp3) is 0. The van der Waals surface area contributed by atoms with Gasteiger partial charge in [-0.25, -0.2) is 4.98 Å². The minimum atomic E-state index is 1.01. The number of nitrogens with zero attached hydrogens (tertiary/aromatic N) is 2. The zero-order valence-electron chi connectivity index (χ0n) is 23.7. The molecule has 0 saturated carbocycles. The molecule has 7 aromatic carbocycles. The Labute approximate surface area is 257 Å². The molecule has 0 amide bonds. The van der Waals surface area contributed by atoms with Crippen LogP contribution in [0, 0.1) is 0 Å². The van der Waals surface area contributed by atoms with E-state index in [1.165, 1.54) is 74.9 Å². The minimum Gasteiger partial charge on any atom is -0.292 e. The first-order valence-corrected chi connectivity index (χ1v) is 15.8. The van der Waals surface area contributed by atoms with E-state index in [9.17, 15) is 0 Å². The quantitative estimate of drug-likeness (QED) is 0.187. The number of rotatable bonds is 2. The van der Waals surface area contributed by atoms with Gasteiger partial charge in [-0.2, -0.15) is 0 Å². The third-order valence-electron chi connectivity index (χ3n) is 9.17. The van der Waals surface area contributed by atoms with Crippen molar-refractivity contribution in [2.75, 3.05) is 0 Å². The highest BCUT2D eigenvalue weighted by atomic mass is 32.1. The predicted molar refractivity (Wildman–Crippen MR) is 189 cm³/mol. The SMILES string of the molecule is c1ccc2c(c1)ccc1c2c2cc(-c3ccc(-c4ccc5sc6ccccc6c5c4)cc3)ccc2n2c3ccccc3nc12. The van der Waals surface area contributed by atoms with E-state index >= 15 is 0 Å². The summed E-state index contributed by atoms with van der Waals surface area (Å²) in [6.07, 6.45) is 0. The molecule has 44 heavy (non-hydrogen) atoms. The first-order chi connectivity index (χ1) is 21.8. The van der Waals surface area contributed by atoms with Gasteiger partial charge in [-0.15, -0.1) is 11.3 Å². The normalized spacial score (nSPS) is 12.1. The van der Waals surface area contributed by atoms with Crippen molar-refractivity contribution in [2.24, 2.45) is 0 Å². The third-order valence-corrected chi connectivity index (χ3v) is 10.3. The van der Waals surface area contributed by atoms with Crippen molar-refractivity contribution in [3.63, 3.8) is 0 Å². The lowest BCUT2D eigenvalue weighted by atomic mass is 9.95. The van der Waals surface area contributed by atoms with E-state index < -0.39 is 0 Å². The standard InChI is InChI=1S/C41H24N2S/c1-2-8-30-27(7-1)17-20-32-40(30)34-24-28(18-21-36(34)43-37-11-5-4-10-35(37)42-41(32)43)25-13-15-26(16-14-25)29-19-22-39-33(23-29)31-9-3-6-12-38(31)44-39/h1-24H. The van der Waals surface area contributed by atoms with Crippen LogP contribution in [0.25, 0.3) is 91.6 Å². The second-order valence-electron chi connectivity index (χ2n) is 11.6. The van der Waals surface area contributed by atoms with Crippen LogP contribution < -0.4 is 0 Å². The van der Waals surface area contributed by atoms with Crippen LogP contribution in [0.3, 0.4) is 0 Å². The number of thiophene rings is 1. The highest BCUT2D eigenvalue weighted by Gasteiger charge is 2.16. The van der Waals surface area contributed by atoms with Gasteiger partial charge in [-0.05, 0) is 81.6 Å². The van der Waals surface area contributed by atoms with Crippen LogP contribution in [0.4, 0.5) is 0 Å². The van der Waals surface area contributed by atoms with Crippen molar-refractivity contribution in [1.82, 2.24) is 9.38 Å². The van der Waals surface area contributed by atoms with E-state index in [4.69, 9.17) is 4.98 Å². The molecule has 0 radical (unpaired) electrons. The fourth-order valence-corrected chi connectivity index (χ4v) is 8.16. The van der Waals surface area contributed by atoms with Crippen LogP contribution in [0.1, 0.15) is 0 Å². The number of pyridine rings is 1. The summed E-state index contributed by atoms with van der Waals surface area (Å²) in [4.78, 5) is 5.12. The molecule has 0 aliphatic heterocycles. The van der Waals surface area contributed by atoms with Crippen molar-refractivity contribution < 1.29 is 0 Å². The van der Waals surface area contributed by atoms with Gasteiger partial charge in [0.1, 0.15) is 5.65 Å². The summed E-state index contributed by atoms with van der Waals surface area (Å²) in [6.45, 7) is 0. The summed E-state index contributed by atoms with van der Waals surface area (Å²) >= 11 is 1.86. The molecule has 0 aliphatic carbocycles. The lowest BCUT2D eigenvalue weighted by Crippen LogP contribution is -1.93. The van der Waals surface area contributed by atoms with Crippen molar-refractivity contribution in [1.29, 1.82) is 0 Å². The molecule has 0 unspecified atom stereocenters. The predicted octanol–water partition coefficient (Wildman–Crippen LogP) is 11.6. The molecule has 2 nitrogen and oxygen atoms in total. The Morgan fingerprint density at radius 3 is 1.95 bits per heavy atom. The topological polar surface area (TPSA) is 17.3 Å². The molecule has 0 spiro atoms. The highest BCUT2D eigenvalue weighted by Crippen LogP contribution is 2.39. The molecule has 0 fully saturated rings. The summed E-state index contributed by atoms with van der Waals surface area (Å²) < 4.78 is 5.01. The van der Waals surface area contributed by atoms with Crippen LogP contribution in [0.2, 0.25) is 0 Å². The van der Waals surface area contributed by atoms with Gasteiger partial charge in [0.2, 0.25) is 0 Å². The second kappa shape index (κ2) is 9.00. The van der Waals surface area contributed by atoms with Crippen molar-refractivity contribution in [3.05, 3.63) is 146 Å². The Morgan fingerprint density at radius 2 is 1.09 bits per heavy atom. The zero-order valence-corrected chi connectivity index (χ0v) is 24.5. The van der Waals surface area contributed by atoms with E-state index in [1.54, 1.807) is 0 Å². The molecule has 3 heterocycles. The van der Waals surface area contributed by atoms with E-state index in [0.29, 0.717) is 0 Å². The summed E-state index contributed by atoms with van der Waals surface area (Å²) in [6, 6.07) is 53.1. The van der Waals surface area contributed by atoms with E-state index in [1.807, 2.05) is 11.3 Å². The van der Waals surface area contributed by atoms with E-state index in [0.717, 1.165) is 16.7 Å². The van der Waals surface area contributed by atoms with Gasteiger partial charge in [0, 0.05) is 36.3 Å². The largest absolute Gasteiger partial charge is 0.292 e. The van der Waals surface area contributed by atoms with Gasteiger partial charge >= 0.3 is 0 Å². The van der Waals surface area contributed by atoms with Gasteiger partial charge in [0.15, 0.2) is 0 Å². The van der Waals surface area contributed by atoms with Gasteiger partial charge in [0.05, 0.1) is 16.6 Å². The first kappa shape index (κ1) is 24.0. The summed E-state index contributed by atoms with van der Waals surface area (Å²) in [5.41, 5.74) is 9.23. The monoisotopic (exact) mass is 576 g/mol. The molecular formula is C41H24N2S. The highest BCUT2D eigenvalue weighted by molar-refractivity contribution is 7.25. The Kier molecular flexibility index (Phi) is 4.90. The van der Waals surface area contributed by atoms with Crippen molar-refractivity contribution in [3.8, 4) is 22.3 Å². The number of hydrogen-bond acceptors (Lipinski definition) is 2. The lowest BCUT2D eigenvalue weighted by Gasteiger charge is -2.13. The van der Waals surface area contributed by atoms with Crippen LogP contribution in [0.5, 0.6) is 0 Å². The minimum absolute atomic E-state index is 1.01. The number of hydrogen-bond donors (Lipinski definition) is 0. The molecule has 3 aromatic heterocycles. The van der Waals surface area contributed by atoms with Gasteiger partial charge < -0.3 is 0 Å². The molecule has 204 valence electrons. The van der Waals surface area contributed by atoms with Crippen molar-refractivity contribution >= 4 is 80.6 Å². The van der Waals surface area contributed by atoms with Crippen molar-refractivity contribution in [2.45, 2.75) is 0 Å². The van der Waals surface area contributed by atoms with Crippen LogP contribution in [0.15, 0.2) is 146 Å². The molecule has 10 rings (SSSR count). The maximum absolute atomic E-state index is 5.12. The number of para-hydroxylation sites is 2. The number of benzene rings is 7. The number of fused-ring (bicyclic) bond motifs is 13. The number of aromatic nitrogens is 2. The smallest absolute Gasteiger partial charge is 0.146 e. The maximum Gasteiger partial charge on any atom is 0.146 e. The zero-order chi connectivity index (χ0) is 28.8. The first-order valence-electron chi connectivity index (χ1n) is 15.0. The molecule has 0 atom stereocenters. The van der Waals surface area contributed by atoms with E-state index in [2.05, 4.69) is 150 Å². The average molecular weight is 577 g/mol. The van der Waals surface area contributed by atoms with Gasteiger partial charge in [-0.1, -0.05) is 97.1 Å². The Morgan fingerprint density at radius 1 is 0.432 bits per heavy atom. The van der Waals surface area contributed by atoms with Crippen LogP contribution in [-0.2, 0) is 0 Å².